The molecule has 164 valence electrons. The summed E-state index contributed by atoms with van der Waals surface area (Å²) in [7, 11) is 0. The van der Waals surface area contributed by atoms with Gasteiger partial charge in [0.25, 0.3) is 0 Å². The van der Waals surface area contributed by atoms with E-state index in [9.17, 15) is 13.2 Å². The Hall–Kier alpha value is -2.65. The van der Waals surface area contributed by atoms with Gasteiger partial charge in [-0.05, 0) is 39.5 Å². The van der Waals surface area contributed by atoms with Crippen LogP contribution in [-0.4, -0.2) is 58.4 Å². The van der Waals surface area contributed by atoms with Gasteiger partial charge in [-0.2, -0.15) is 28.1 Å². The highest BCUT2D eigenvalue weighted by atomic mass is 19.4. The summed E-state index contributed by atoms with van der Waals surface area (Å²) in [4.78, 5) is 27.9. The van der Waals surface area contributed by atoms with Crippen LogP contribution in [0.15, 0.2) is 23.3 Å². The van der Waals surface area contributed by atoms with Gasteiger partial charge < -0.3 is 14.9 Å². The molecule has 0 radical (unpaired) electrons. The fourth-order valence-electron chi connectivity index (χ4n) is 3.34. The molecular formula is C20H26F3N5O2. The lowest BCUT2D eigenvalue weighted by molar-refractivity contribution is -0.192. The lowest BCUT2D eigenvalue weighted by atomic mass is 10.1. The van der Waals surface area contributed by atoms with Crippen molar-refractivity contribution in [2.24, 2.45) is 0 Å². The van der Waals surface area contributed by atoms with Gasteiger partial charge in [-0.1, -0.05) is 23.3 Å². The summed E-state index contributed by atoms with van der Waals surface area (Å²) in [6.45, 7) is 8.26. The second-order valence-electron chi connectivity index (χ2n) is 7.89. The summed E-state index contributed by atoms with van der Waals surface area (Å²) in [5.74, 6) is 0.545. The van der Waals surface area contributed by atoms with Crippen molar-refractivity contribution in [3.8, 4) is 0 Å². The standard InChI is InChI=1S/C18H25N5.C2HF3O2/c1-13-5-3-9-22(11-13)17-19-16(15-7-8-15)20-18(21-17)23-10-4-6-14(2)12-23;3-2(4,5)1(6)7/h5-6,15H,3-4,7-12H2,1-2H3;(H,6,7). The first-order chi connectivity index (χ1) is 14.1. The normalized spacial score (nSPS) is 19.5. The zero-order valence-electron chi connectivity index (χ0n) is 17.1. The van der Waals surface area contributed by atoms with Gasteiger partial charge in [-0.3, -0.25) is 0 Å². The minimum atomic E-state index is -5.08. The van der Waals surface area contributed by atoms with Crippen LogP contribution >= 0.6 is 0 Å². The first-order valence-corrected chi connectivity index (χ1v) is 10.0. The van der Waals surface area contributed by atoms with Crippen LogP contribution in [0.5, 0.6) is 0 Å². The number of carbonyl (C=O) groups is 1. The number of halogens is 3. The van der Waals surface area contributed by atoms with Crippen molar-refractivity contribution < 1.29 is 23.1 Å². The predicted octanol–water partition coefficient (Wildman–Crippen LogP) is 3.70. The second-order valence-corrected chi connectivity index (χ2v) is 7.89. The van der Waals surface area contributed by atoms with Gasteiger partial charge in [0.1, 0.15) is 5.82 Å². The molecule has 0 atom stereocenters. The first-order valence-electron chi connectivity index (χ1n) is 10.0. The Balaban J connectivity index is 0.000000318. The maximum atomic E-state index is 10.6. The monoisotopic (exact) mass is 425 g/mol. The largest absolute Gasteiger partial charge is 0.490 e. The molecule has 0 amide bonds. The third-order valence-corrected chi connectivity index (χ3v) is 5.04. The number of hydrogen-bond acceptors (Lipinski definition) is 6. The average molecular weight is 425 g/mol. The van der Waals surface area contributed by atoms with E-state index in [1.165, 1.54) is 24.0 Å². The molecule has 7 nitrogen and oxygen atoms in total. The molecule has 0 spiro atoms. The smallest absolute Gasteiger partial charge is 0.475 e. The molecule has 30 heavy (non-hydrogen) atoms. The van der Waals surface area contributed by atoms with Gasteiger partial charge in [0.15, 0.2) is 0 Å². The molecule has 1 fully saturated rings. The van der Waals surface area contributed by atoms with E-state index < -0.39 is 12.1 Å². The molecule has 1 saturated carbocycles. The number of anilines is 2. The minimum absolute atomic E-state index is 0.554. The predicted molar refractivity (Wildman–Crippen MR) is 107 cm³/mol. The van der Waals surface area contributed by atoms with E-state index in [1.54, 1.807) is 0 Å². The molecule has 0 saturated heterocycles. The molecule has 0 bridgehead atoms. The highest BCUT2D eigenvalue weighted by molar-refractivity contribution is 5.73. The third-order valence-electron chi connectivity index (χ3n) is 5.04. The van der Waals surface area contributed by atoms with Crippen molar-refractivity contribution in [3.05, 3.63) is 29.1 Å². The fraction of sp³-hybridized carbons (Fsp3) is 0.600. The van der Waals surface area contributed by atoms with Crippen LogP contribution in [0.3, 0.4) is 0 Å². The minimum Gasteiger partial charge on any atom is -0.475 e. The number of nitrogens with zero attached hydrogens (tertiary/aromatic N) is 5. The molecular weight excluding hydrogens is 399 g/mol. The molecule has 3 heterocycles. The summed E-state index contributed by atoms with van der Waals surface area (Å²) in [6.07, 6.45) is 4.16. The molecule has 3 aliphatic rings. The van der Waals surface area contributed by atoms with Crippen molar-refractivity contribution >= 4 is 17.9 Å². The molecule has 4 rings (SSSR count). The Morgan fingerprint density at radius 1 is 0.967 bits per heavy atom. The van der Waals surface area contributed by atoms with Crippen LogP contribution in [0.4, 0.5) is 25.1 Å². The topological polar surface area (TPSA) is 82.5 Å². The quantitative estimate of drug-likeness (QED) is 0.740. The van der Waals surface area contributed by atoms with Crippen molar-refractivity contribution in [2.45, 2.75) is 51.6 Å². The number of rotatable bonds is 3. The summed E-state index contributed by atoms with van der Waals surface area (Å²) in [5.41, 5.74) is 2.81. The second kappa shape index (κ2) is 9.01. The molecule has 2 aliphatic heterocycles. The van der Waals surface area contributed by atoms with Crippen LogP contribution in [0.1, 0.15) is 51.3 Å². The summed E-state index contributed by atoms with van der Waals surface area (Å²) in [5, 5.41) is 7.12. The van der Waals surface area contributed by atoms with Gasteiger partial charge >= 0.3 is 12.1 Å². The average Bonchev–Trinajstić information content (AvgIpc) is 3.53. The summed E-state index contributed by atoms with van der Waals surface area (Å²) >= 11 is 0. The number of carboxylic acids is 1. The van der Waals surface area contributed by atoms with Gasteiger partial charge in [0.05, 0.1) is 0 Å². The number of alkyl halides is 3. The van der Waals surface area contributed by atoms with Gasteiger partial charge in [-0.25, -0.2) is 4.79 Å². The summed E-state index contributed by atoms with van der Waals surface area (Å²) in [6, 6.07) is 0. The van der Waals surface area contributed by atoms with E-state index in [4.69, 9.17) is 24.9 Å². The van der Waals surface area contributed by atoms with Crippen LogP contribution in [0.25, 0.3) is 0 Å². The Morgan fingerprint density at radius 3 is 1.73 bits per heavy atom. The highest BCUT2D eigenvalue weighted by Gasteiger charge is 2.38. The number of carboxylic acid groups (broad SMARTS) is 1. The van der Waals surface area contributed by atoms with Crippen molar-refractivity contribution in [1.29, 1.82) is 0 Å². The molecule has 1 aromatic rings. The van der Waals surface area contributed by atoms with E-state index in [0.717, 1.165) is 56.7 Å². The number of aliphatic carboxylic acids is 1. The lowest BCUT2D eigenvalue weighted by Gasteiger charge is -2.29. The van der Waals surface area contributed by atoms with Gasteiger partial charge in [0, 0.05) is 32.1 Å². The Bertz CT molecular complexity index is 801. The molecule has 1 N–H and O–H groups in total. The Morgan fingerprint density at radius 2 is 1.40 bits per heavy atom. The molecule has 1 aliphatic carbocycles. The van der Waals surface area contributed by atoms with E-state index >= 15 is 0 Å². The van der Waals surface area contributed by atoms with E-state index in [1.807, 2.05) is 0 Å². The van der Waals surface area contributed by atoms with Crippen molar-refractivity contribution in [1.82, 2.24) is 15.0 Å². The molecule has 1 aromatic heterocycles. The Labute approximate surface area is 173 Å². The van der Waals surface area contributed by atoms with Crippen LogP contribution in [-0.2, 0) is 4.79 Å². The molecule has 0 unspecified atom stereocenters. The van der Waals surface area contributed by atoms with E-state index in [0.29, 0.717) is 5.92 Å². The highest BCUT2D eigenvalue weighted by Crippen LogP contribution is 2.39. The lowest BCUT2D eigenvalue weighted by Crippen LogP contribution is -2.34. The SMILES string of the molecule is CC1=CCCN(c2nc(C3CC3)nc(N3CCC=C(C)C3)n2)C1.O=C(O)C(F)(F)F. The van der Waals surface area contributed by atoms with Gasteiger partial charge in [-0.15, -0.1) is 0 Å². The zero-order valence-corrected chi connectivity index (χ0v) is 17.1. The van der Waals surface area contributed by atoms with Gasteiger partial charge in [0.2, 0.25) is 11.9 Å². The van der Waals surface area contributed by atoms with E-state index in [2.05, 4.69) is 35.8 Å². The maximum absolute atomic E-state index is 10.6. The zero-order chi connectivity index (χ0) is 21.9. The Kier molecular flexibility index (Phi) is 6.62. The van der Waals surface area contributed by atoms with Crippen LogP contribution in [0, 0.1) is 0 Å². The van der Waals surface area contributed by atoms with Crippen LogP contribution < -0.4 is 9.80 Å². The fourth-order valence-corrected chi connectivity index (χ4v) is 3.34. The number of hydrogen-bond donors (Lipinski definition) is 1. The van der Waals surface area contributed by atoms with E-state index in [-0.39, 0.29) is 0 Å². The van der Waals surface area contributed by atoms with Crippen molar-refractivity contribution in [3.63, 3.8) is 0 Å². The van der Waals surface area contributed by atoms with Crippen LogP contribution in [0.2, 0.25) is 0 Å². The first kappa shape index (κ1) is 22.0. The summed E-state index contributed by atoms with van der Waals surface area (Å²) < 4.78 is 31.7. The molecule has 10 heteroatoms. The third kappa shape index (κ3) is 5.93. The van der Waals surface area contributed by atoms with Crippen molar-refractivity contribution in [2.75, 3.05) is 36.0 Å². The number of aromatic nitrogens is 3. The maximum Gasteiger partial charge on any atom is 0.490 e. The molecule has 0 aromatic carbocycles.